The highest BCUT2D eigenvalue weighted by Gasteiger charge is 2.22. The molecule has 7 nitrogen and oxygen atoms in total. The number of amides is 1. The molecule has 0 saturated carbocycles. The number of primary amides is 1. The lowest BCUT2D eigenvalue weighted by Crippen LogP contribution is -2.39. The molecule has 0 radical (unpaired) electrons. The Balaban J connectivity index is 1.62. The van der Waals surface area contributed by atoms with Gasteiger partial charge in [-0.25, -0.2) is 0 Å². The maximum atomic E-state index is 11.2. The second-order valence-corrected chi connectivity index (χ2v) is 7.29. The number of unbranched alkanes of at least 4 members (excludes halogenated alkanes) is 1. The number of rotatable bonds is 11. The van der Waals surface area contributed by atoms with Crippen LogP contribution >= 0.6 is 0 Å². The molecule has 1 aromatic carbocycles. The van der Waals surface area contributed by atoms with Gasteiger partial charge in [-0.15, -0.1) is 0 Å². The van der Waals surface area contributed by atoms with E-state index in [4.69, 9.17) is 10.5 Å². The van der Waals surface area contributed by atoms with Crippen LogP contribution in [0, 0.1) is 5.92 Å². The summed E-state index contributed by atoms with van der Waals surface area (Å²) in [4.78, 5) is 17.9. The molecule has 29 heavy (non-hydrogen) atoms. The van der Waals surface area contributed by atoms with Crippen LogP contribution in [-0.2, 0) is 11.3 Å². The first-order chi connectivity index (χ1) is 14.1. The van der Waals surface area contributed by atoms with Gasteiger partial charge in [0.2, 0.25) is 5.91 Å². The molecule has 0 unspecified atom stereocenters. The molecule has 1 aromatic rings. The molecule has 0 bridgehead atoms. The van der Waals surface area contributed by atoms with Gasteiger partial charge in [-0.2, -0.15) is 0 Å². The van der Waals surface area contributed by atoms with E-state index < -0.39 is 0 Å². The third kappa shape index (κ3) is 8.15. The van der Waals surface area contributed by atoms with E-state index in [0.29, 0.717) is 13.2 Å². The molecule has 1 heterocycles. The molecule has 0 aliphatic carbocycles. The quantitative estimate of drug-likeness (QED) is 0.228. The number of likely N-dealkylation sites (tertiary alicyclic amines) is 1. The van der Waals surface area contributed by atoms with E-state index in [2.05, 4.69) is 27.1 Å². The van der Waals surface area contributed by atoms with Gasteiger partial charge in [0, 0.05) is 31.6 Å². The first-order valence-electron chi connectivity index (χ1n) is 10.4. The van der Waals surface area contributed by atoms with Crippen LogP contribution in [0.1, 0.15) is 31.2 Å². The average molecular weight is 402 g/mol. The summed E-state index contributed by atoms with van der Waals surface area (Å²) in [5.74, 6) is 1.55. The maximum Gasteiger partial charge on any atom is 0.220 e. The van der Waals surface area contributed by atoms with Gasteiger partial charge in [0.25, 0.3) is 0 Å². The molecule has 1 aliphatic rings. The number of benzene rings is 1. The topological polar surface area (TPSA) is 92.0 Å². The molecule has 4 N–H and O–H groups in total. The highest BCUT2D eigenvalue weighted by molar-refractivity contribution is 5.79. The maximum absolute atomic E-state index is 11.2. The molecule has 160 valence electrons. The Bertz CT molecular complexity index is 669. The fourth-order valence-corrected chi connectivity index (χ4v) is 3.45. The smallest absolute Gasteiger partial charge is 0.220 e. The molecule has 0 aromatic heterocycles. The Morgan fingerprint density at radius 1 is 1.31 bits per heavy atom. The van der Waals surface area contributed by atoms with E-state index in [9.17, 15) is 4.79 Å². The molecule has 0 spiro atoms. The van der Waals surface area contributed by atoms with E-state index in [1.165, 1.54) is 0 Å². The van der Waals surface area contributed by atoms with Gasteiger partial charge in [-0.1, -0.05) is 30.9 Å². The van der Waals surface area contributed by atoms with E-state index >= 15 is 0 Å². The van der Waals surface area contributed by atoms with Crippen LogP contribution in [0.4, 0.5) is 0 Å². The summed E-state index contributed by atoms with van der Waals surface area (Å²) in [5.41, 5.74) is 6.47. The number of nitrogens with zero attached hydrogens (tertiary/aromatic N) is 2. The Kier molecular flexibility index (Phi) is 10.1. The van der Waals surface area contributed by atoms with Crippen LogP contribution in [0.3, 0.4) is 0 Å². The van der Waals surface area contributed by atoms with Crippen LogP contribution < -0.4 is 21.1 Å². The average Bonchev–Trinajstić information content (AvgIpc) is 2.75. The van der Waals surface area contributed by atoms with Gasteiger partial charge in [0.05, 0.1) is 0 Å². The summed E-state index contributed by atoms with van der Waals surface area (Å²) in [6, 6.07) is 7.97. The van der Waals surface area contributed by atoms with Crippen molar-refractivity contribution in [2.45, 2.75) is 32.2 Å². The second kappa shape index (κ2) is 12.8. The van der Waals surface area contributed by atoms with E-state index in [-0.39, 0.29) is 11.8 Å². The number of para-hydroxylation sites is 1. The number of nitrogens with one attached hydrogen (secondary N) is 2. The predicted molar refractivity (Wildman–Crippen MR) is 118 cm³/mol. The van der Waals surface area contributed by atoms with Crippen molar-refractivity contribution in [1.82, 2.24) is 15.5 Å². The van der Waals surface area contributed by atoms with Gasteiger partial charge in [0.15, 0.2) is 5.96 Å². The number of hydrogen-bond acceptors (Lipinski definition) is 4. The van der Waals surface area contributed by atoms with Crippen LogP contribution in [0.25, 0.3) is 0 Å². The number of aliphatic imine (C=N–C) groups is 1. The van der Waals surface area contributed by atoms with Crippen LogP contribution in [0.15, 0.2) is 41.9 Å². The van der Waals surface area contributed by atoms with Crippen molar-refractivity contribution in [2.75, 3.05) is 39.8 Å². The van der Waals surface area contributed by atoms with Crippen molar-refractivity contribution in [3.63, 3.8) is 0 Å². The van der Waals surface area contributed by atoms with Gasteiger partial charge in [-0.05, 0) is 51.4 Å². The number of ether oxygens (including phenoxy) is 1. The minimum absolute atomic E-state index is 0.0645. The summed E-state index contributed by atoms with van der Waals surface area (Å²) >= 11 is 0. The van der Waals surface area contributed by atoms with Gasteiger partial charge in [0.1, 0.15) is 12.4 Å². The number of carbonyl (C=O) groups excluding carboxylic acids is 1. The largest absolute Gasteiger partial charge is 0.489 e. The summed E-state index contributed by atoms with van der Waals surface area (Å²) in [7, 11) is 1.78. The zero-order chi connectivity index (χ0) is 20.9. The zero-order valence-electron chi connectivity index (χ0n) is 17.5. The minimum atomic E-state index is -0.150. The Hall–Kier alpha value is -2.54. The molecule has 7 heteroatoms. The monoisotopic (exact) mass is 401 g/mol. The standard InChI is InChI=1S/C22H35N5O2/c1-3-16-29-20-9-5-4-8-19(20)17-26-22(24-2)25-12-6-7-13-27-14-10-18(11-15-27)21(23)28/h3-5,8-9,18H,1,6-7,10-17H2,2H3,(H2,23,28)(H2,24,25,26). The van der Waals surface area contributed by atoms with Crippen molar-refractivity contribution in [2.24, 2.45) is 16.6 Å². The molecule has 1 amide bonds. The third-order valence-corrected chi connectivity index (χ3v) is 5.18. The fraction of sp³-hybridized carbons (Fsp3) is 0.545. The third-order valence-electron chi connectivity index (χ3n) is 5.18. The summed E-state index contributed by atoms with van der Waals surface area (Å²) < 4.78 is 5.69. The molecule has 1 saturated heterocycles. The van der Waals surface area contributed by atoms with Gasteiger partial charge >= 0.3 is 0 Å². The van der Waals surface area contributed by atoms with Crippen molar-refractivity contribution < 1.29 is 9.53 Å². The molecule has 0 atom stereocenters. The molecular formula is C22H35N5O2. The van der Waals surface area contributed by atoms with Crippen LogP contribution in [0.2, 0.25) is 0 Å². The lowest BCUT2D eigenvalue weighted by atomic mass is 9.96. The summed E-state index contributed by atoms with van der Waals surface area (Å²) in [5, 5.41) is 6.70. The van der Waals surface area contributed by atoms with Crippen LogP contribution in [-0.4, -0.2) is 56.6 Å². The van der Waals surface area contributed by atoms with Gasteiger partial charge < -0.3 is 26.0 Å². The number of piperidine rings is 1. The molecular weight excluding hydrogens is 366 g/mol. The Morgan fingerprint density at radius 3 is 2.76 bits per heavy atom. The molecule has 2 rings (SSSR count). The van der Waals surface area contributed by atoms with E-state index in [0.717, 1.165) is 69.1 Å². The van der Waals surface area contributed by atoms with Crippen molar-refractivity contribution in [3.05, 3.63) is 42.5 Å². The fourth-order valence-electron chi connectivity index (χ4n) is 3.45. The first-order valence-corrected chi connectivity index (χ1v) is 10.4. The minimum Gasteiger partial charge on any atom is -0.489 e. The van der Waals surface area contributed by atoms with E-state index in [1.807, 2.05) is 24.3 Å². The molecule has 1 aliphatic heterocycles. The number of hydrogen-bond donors (Lipinski definition) is 3. The highest BCUT2D eigenvalue weighted by atomic mass is 16.5. The molecule has 1 fully saturated rings. The Labute approximate surface area is 174 Å². The second-order valence-electron chi connectivity index (χ2n) is 7.29. The van der Waals surface area contributed by atoms with Crippen LogP contribution in [0.5, 0.6) is 5.75 Å². The first kappa shape index (κ1) is 22.7. The highest BCUT2D eigenvalue weighted by Crippen LogP contribution is 2.18. The SMILES string of the molecule is C=CCOc1ccccc1CNC(=NC)NCCCCN1CCC(C(N)=O)CC1. The lowest BCUT2D eigenvalue weighted by Gasteiger charge is -2.30. The predicted octanol–water partition coefficient (Wildman–Crippen LogP) is 1.89. The van der Waals surface area contributed by atoms with E-state index in [1.54, 1.807) is 13.1 Å². The van der Waals surface area contributed by atoms with Gasteiger partial charge in [-0.3, -0.25) is 9.79 Å². The number of guanidine groups is 1. The Morgan fingerprint density at radius 2 is 2.07 bits per heavy atom. The van der Waals surface area contributed by atoms with Crippen molar-refractivity contribution >= 4 is 11.9 Å². The van der Waals surface area contributed by atoms with Crippen molar-refractivity contribution in [1.29, 1.82) is 0 Å². The normalized spacial score (nSPS) is 15.7. The zero-order valence-corrected chi connectivity index (χ0v) is 17.5. The summed E-state index contributed by atoms with van der Waals surface area (Å²) in [6.45, 7) is 8.69. The lowest BCUT2D eigenvalue weighted by molar-refractivity contribution is -0.123. The number of carbonyl (C=O) groups is 1. The summed E-state index contributed by atoms with van der Waals surface area (Å²) in [6.07, 6.45) is 5.70. The van der Waals surface area contributed by atoms with Crippen molar-refractivity contribution in [3.8, 4) is 5.75 Å². The number of nitrogens with two attached hydrogens (primary N) is 1.